The molecule has 1 amide bonds. The average molecular weight is 417 g/mol. The molecule has 6 nitrogen and oxygen atoms in total. The Labute approximate surface area is 172 Å². The van der Waals surface area contributed by atoms with Gasteiger partial charge in [-0.2, -0.15) is 0 Å². The number of carbonyl (C=O) groups excluding carboxylic acids is 1. The Morgan fingerprint density at radius 2 is 1.93 bits per heavy atom. The second kappa shape index (κ2) is 8.86. The van der Waals surface area contributed by atoms with E-state index in [1.54, 1.807) is 37.4 Å². The molecule has 2 aromatic rings. The Morgan fingerprint density at radius 3 is 2.66 bits per heavy atom. The smallest absolute Gasteiger partial charge is 0.236 e. The van der Waals surface area contributed by atoms with Crippen LogP contribution in [-0.2, 0) is 27.0 Å². The van der Waals surface area contributed by atoms with Crippen LogP contribution in [0.3, 0.4) is 0 Å². The number of benzene rings is 2. The summed E-state index contributed by atoms with van der Waals surface area (Å²) in [5, 5.41) is 0. The van der Waals surface area contributed by atoms with Crippen molar-refractivity contribution in [2.75, 3.05) is 23.3 Å². The summed E-state index contributed by atoms with van der Waals surface area (Å²) in [6.07, 6.45) is 2.00. The number of anilines is 2. The van der Waals surface area contributed by atoms with Crippen molar-refractivity contribution in [3.8, 4) is 5.75 Å². The Hall–Kier alpha value is -2.54. The minimum atomic E-state index is -3.57. The zero-order chi connectivity index (χ0) is 21.0. The van der Waals surface area contributed by atoms with Gasteiger partial charge in [0.2, 0.25) is 15.9 Å². The standard InChI is InChI=1S/C22H28N2O4S/c1-16(2)11-12-24-21-9-8-19(14-18(21)7-10-22(24)25)23-29(26,27)15-17-5-4-6-20(13-17)28-3/h4-6,8-9,13-14,16,23H,7,10-12,15H2,1-3H3. The van der Waals surface area contributed by atoms with Gasteiger partial charge in [0, 0.05) is 24.3 Å². The first-order valence-corrected chi connectivity index (χ1v) is 11.5. The van der Waals surface area contributed by atoms with Crippen LogP contribution in [0, 0.1) is 5.92 Å². The molecule has 0 unspecified atom stereocenters. The molecule has 0 fully saturated rings. The molecule has 3 rings (SSSR count). The fourth-order valence-corrected chi connectivity index (χ4v) is 4.63. The summed E-state index contributed by atoms with van der Waals surface area (Å²) in [5.74, 6) is 1.12. The second-order valence-electron chi connectivity index (χ2n) is 7.78. The lowest BCUT2D eigenvalue weighted by atomic mass is 9.99. The molecule has 7 heteroatoms. The van der Waals surface area contributed by atoms with Crippen LogP contribution in [0.25, 0.3) is 0 Å². The van der Waals surface area contributed by atoms with Crippen LogP contribution in [-0.4, -0.2) is 28.0 Å². The first kappa shape index (κ1) is 21.2. The summed E-state index contributed by atoms with van der Waals surface area (Å²) in [4.78, 5) is 14.2. The molecule has 0 atom stereocenters. The minimum Gasteiger partial charge on any atom is -0.497 e. The highest BCUT2D eigenvalue weighted by atomic mass is 32.2. The van der Waals surface area contributed by atoms with Crippen LogP contribution >= 0.6 is 0 Å². The fourth-order valence-electron chi connectivity index (χ4n) is 3.45. The molecule has 0 radical (unpaired) electrons. The molecule has 1 heterocycles. The highest BCUT2D eigenvalue weighted by Crippen LogP contribution is 2.31. The van der Waals surface area contributed by atoms with Crippen molar-refractivity contribution < 1.29 is 17.9 Å². The van der Waals surface area contributed by atoms with Crippen molar-refractivity contribution in [1.82, 2.24) is 0 Å². The number of nitrogens with one attached hydrogen (secondary N) is 1. The van der Waals surface area contributed by atoms with Crippen LogP contribution in [0.1, 0.15) is 37.8 Å². The van der Waals surface area contributed by atoms with Gasteiger partial charge in [0.25, 0.3) is 0 Å². The number of hydrogen-bond donors (Lipinski definition) is 1. The number of amides is 1. The van der Waals surface area contributed by atoms with Gasteiger partial charge in [0.05, 0.1) is 12.9 Å². The van der Waals surface area contributed by atoms with E-state index in [0.29, 0.717) is 42.3 Å². The minimum absolute atomic E-state index is 0.129. The monoisotopic (exact) mass is 416 g/mol. The molecule has 0 aromatic heterocycles. The van der Waals surface area contributed by atoms with Crippen molar-refractivity contribution in [2.24, 2.45) is 5.92 Å². The number of aryl methyl sites for hydroxylation is 1. The number of carbonyl (C=O) groups is 1. The zero-order valence-corrected chi connectivity index (χ0v) is 18.0. The van der Waals surface area contributed by atoms with Gasteiger partial charge in [-0.05, 0) is 60.2 Å². The molecule has 2 aromatic carbocycles. The summed E-state index contributed by atoms with van der Waals surface area (Å²) in [7, 11) is -2.02. The summed E-state index contributed by atoms with van der Waals surface area (Å²) in [6, 6.07) is 12.4. The number of sulfonamides is 1. The zero-order valence-electron chi connectivity index (χ0n) is 17.1. The average Bonchev–Trinajstić information content (AvgIpc) is 2.66. The number of hydrogen-bond acceptors (Lipinski definition) is 4. The third kappa shape index (κ3) is 5.50. The van der Waals surface area contributed by atoms with Gasteiger partial charge in [-0.1, -0.05) is 26.0 Å². The molecule has 29 heavy (non-hydrogen) atoms. The van der Waals surface area contributed by atoms with E-state index < -0.39 is 10.0 Å². The summed E-state index contributed by atoms with van der Waals surface area (Å²) >= 11 is 0. The lowest BCUT2D eigenvalue weighted by Gasteiger charge is -2.30. The highest BCUT2D eigenvalue weighted by Gasteiger charge is 2.24. The number of nitrogens with zero attached hydrogens (tertiary/aromatic N) is 1. The molecule has 0 aliphatic carbocycles. The normalized spacial score (nSPS) is 14.1. The van der Waals surface area contributed by atoms with Crippen LogP contribution in [0.5, 0.6) is 5.75 Å². The topological polar surface area (TPSA) is 75.7 Å². The molecule has 1 N–H and O–H groups in total. The number of ether oxygens (including phenoxy) is 1. The maximum Gasteiger partial charge on any atom is 0.236 e. The fraction of sp³-hybridized carbons (Fsp3) is 0.409. The molecule has 0 spiro atoms. The third-order valence-electron chi connectivity index (χ3n) is 4.97. The Bertz CT molecular complexity index is 986. The van der Waals surface area contributed by atoms with E-state index in [-0.39, 0.29) is 11.7 Å². The predicted octanol–water partition coefficient (Wildman–Crippen LogP) is 3.96. The van der Waals surface area contributed by atoms with Crippen molar-refractivity contribution in [1.29, 1.82) is 0 Å². The molecular formula is C22H28N2O4S. The maximum atomic E-state index is 12.6. The quantitative estimate of drug-likeness (QED) is 0.707. The Balaban J connectivity index is 1.76. The summed E-state index contributed by atoms with van der Waals surface area (Å²) in [5.41, 5.74) is 3.05. The number of methoxy groups -OCH3 is 1. The van der Waals surface area contributed by atoms with Gasteiger partial charge in [-0.15, -0.1) is 0 Å². The van der Waals surface area contributed by atoms with E-state index >= 15 is 0 Å². The molecule has 1 aliphatic heterocycles. The van der Waals surface area contributed by atoms with Crippen LogP contribution in [0.15, 0.2) is 42.5 Å². The molecule has 0 saturated carbocycles. The van der Waals surface area contributed by atoms with Gasteiger partial charge in [-0.25, -0.2) is 8.42 Å². The summed E-state index contributed by atoms with van der Waals surface area (Å²) in [6.45, 7) is 4.95. The SMILES string of the molecule is COc1cccc(CS(=O)(=O)Nc2ccc3c(c2)CCC(=O)N3CCC(C)C)c1. The first-order valence-electron chi connectivity index (χ1n) is 9.84. The van der Waals surface area contributed by atoms with Gasteiger partial charge in [-0.3, -0.25) is 9.52 Å². The molecule has 0 saturated heterocycles. The van der Waals surface area contributed by atoms with Gasteiger partial charge < -0.3 is 9.64 Å². The number of rotatable bonds is 8. The lowest BCUT2D eigenvalue weighted by Crippen LogP contribution is -2.36. The van der Waals surface area contributed by atoms with Crippen molar-refractivity contribution in [3.63, 3.8) is 0 Å². The van der Waals surface area contributed by atoms with Crippen molar-refractivity contribution in [3.05, 3.63) is 53.6 Å². The predicted molar refractivity (Wildman–Crippen MR) is 116 cm³/mol. The Kier molecular flexibility index (Phi) is 6.47. The summed E-state index contributed by atoms with van der Waals surface area (Å²) < 4.78 is 33.0. The first-order chi connectivity index (χ1) is 13.8. The van der Waals surface area contributed by atoms with E-state index in [4.69, 9.17) is 4.74 Å². The van der Waals surface area contributed by atoms with Crippen molar-refractivity contribution in [2.45, 2.75) is 38.9 Å². The van der Waals surface area contributed by atoms with Crippen molar-refractivity contribution >= 4 is 27.3 Å². The molecular weight excluding hydrogens is 388 g/mol. The van der Waals surface area contributed by atoms with E-state index in [0.717, 1.165) is 17.7 Å². The van der Waals surface area contributed by atoms with Gasteiger partial charge >= 0.3 is 0 Å². The van der Waals surface area contributed by atoms with E-state index in [1.165, 1.54) is 0 Å². The third-order valence-corrected chi connectivity index (χ3v) is 6.23. The largest absolute Gasteiger partial charge is 0.497 e. The molecule has 0 bridgehead atoms. The molecule has 1 aliphatic rings. The lowest BCUT2D eigenvalue weighted by molar-refractivity contribution is -0.118. The second-order valence-corrected chi connectivity index (χ2v) is 9.51. The van der Waals surface area contributed by atoms with Gasteiger partial charge in [0.15, 0.2) is 0 Å². The van der Waals surface area contributed by atoms with E-state index in [9.17, 15) is 13.2 Å². The Morgan fingerprint density at radius 1 is 1.14 bits per heavy atom. The van der Waals surface area contributed by atoms with Gasteiger partial charge in [0.1, 0.15) is 5.75 Å². The van der Waals surface area contributed by atoms with E-state index in [2.05, 4.69) is 18.6 Å². The maximum absolute atomic E-state index is 12.6. The van der Waals surface area contributed by atoms with Crippen LogP contribution < -0.4 is 14.4 Å². The highest BCUT2D eigenvalue weighted by molar-refractivity contribution is 7.91. The molecule has 156 valence electrons. The van der Waals surface area contributed by atoms with E-state index in [1.807, 2.05) is 17.0 Å². The number of fused-ring (bicyclic) bond motifs is 1. The van der Waals surface area contributed by atoms with Crippen LogP contribution in [0.2, 0.25) is 0 Å². The van der Waals surface area contributed by atoms with Crippen LogP contribution in [0.4, 0.5) is 11.4 Å².